The first kappa shape index (κ1) is 15.8. The third-order valence-corrected chi connectivity index (χ3v) is 2.92. The number of methoxy groups -OCH3 is 1. The first-order valence-electron chi connectivity index (χ1n) is 7.10. The Labute approximate surface area is 129 Å². The molecule has 1 aromatic carbocycles. The highest BCUT2D eigenvalue weighted by molar-refractivity contribution is 5.92. The molecule has 0 fully saturated rings. The van der Waals surface area contributed by atoms with Gasteiger partial charge in [-0.15, -0.1) is 0 Å². The van der Waals surface area contributed by atoms with E-state index in [-0.39, 0.29) is 5.91 Å². The number of anilines is 2. The lowest BCUT2D eigenvalue weighted by molar-refractivity contribution is 0.0943. The minimum atomic E-state index is -0.211. The Kier molecular flexibility index (Phi) is 5.30. The van der Waals surface area contributed by atoms with Crippen molar-refractivity contribution in [2.45, 2.75) is 13.8 Å². The van der Waals surface area contributed by atoms with Crippen molar-refractivity contribution in [1.82, 2.24) is 15.3 Å². The van der Waals surface area contributed by atoms with Crippen LogP contribution in [-0.4, -0.2) is 29.5 Å². The van der Waals surface area contributed by atoms with Crippen LogP contribution in [0.25, 0.3) is 0 Å². The van der Waals surface area contributed by atoms with E-state index in [1.807, 2.05) is 38.1 Å². The van der Waals surface area contributed by atoms with Crippen LogP contribution in [0.15, 0.2) is 36.7 Å². The number of carbonyl (C=O) groups excluding carboxylic acids is 1. The molecule has 0 radical (unpaired) electrons. The summed E-state index contributed by atoms with van der Waals surface area (Å²) in [6, 6.07) is 7.46. The third-order valence-electron chi connectivity index (χ3n) is 2.92. The fraction of sp³-hybridized carbons (Fsp3) is 0.312. The molecule has 6 nitrogen and oxygen atoms in total. The number of benzene rings is 1. The molecule has 0 atom stereocenters. The van der Waals surface area contributed by atoms with Crippen molar-refractivity contribution in [3.05, 3.63) is 42.4 Å². The molecule has 116 valence electrons. The van der Waals surface area contributed by atoms with Crippen LogP contribution >= 0.6 is 0 Å². The Morgan fingerprint density at radius 3 is 2.45 bits per heavy atom. The van der Waals surface area contributed by atoms with Gasteiger partial charge >= 0.3 is 0 Å². The first-order chi connectivity index (χ1) is 10.6. The smallest absolute Gasteiger partial charge is 0.271 e. The van der Waals surface area contributed by atoms with E-state index < -0.39 is 0 Å². The largest absolute Gasteiger partial charge is 0.497 e. The van der Waals surface area contributed by atoms with Gasteiger partial charge in [-0.1, -0.05) is 13.8 Å². The van der Waals surface area contributed by atoms with Crippen LogP contribution in [0.4, 0.5) is 11.5 Å². The SMILES string of the molecule is COc1ccc(Nc2cnc(C(=O)NCC(C)C)cn2)cc1. The summed E-state index contributed by atoms with van der Waals surface area (Å²) in [5.41, 5.74) is 1.17. The average Bonchev–Trinajstić information content (AvgIpc) is 2.54. The lowest BCUT2D eigenvalue weighted by Crippen LogP contribution is -2.28. The standard InChI is InChI=1S/C16H20N4O2/c1-11(2)8-19-16(21)14-9-18-15(10-17-14)20-12-4-6-13(22-3)7-5-12/h4-7,9-11H,8H2,1-3H3,(H,18,20)(H,19,21). The number of nitrogens with zero attached hydrogens (tertiary/aromatic N) is 2. The fourth-order valence-electron chi connectivity index (χ4n) is 1.72. The Morgan fingerprint density at radius 1 is 1.18 bits per heavy atom. The summed E-state index contributed by atoms with van der Waals surface area (Å²) in [5.74, 6) is 1.55. The molecule has 0 saturated heterocycles. The summed E-state index contributed by atoms with van der Waals surface area (Å²) in [4.78, 5) is 20.2. The van der Waals surface area contributed by atoms with E-state index in [0.29, 0.717) is 24.0 Å². The van der Waals surface area contributed by atoms with E-state index >= 15 is 0 Å². The quantitative estimate of drug-likeness (QED) is 0.857. The van der Waals surface area contributed by atoms with E-state index in [9.17, 15) is 4.79 Å². The van der Waals surface area contributed by atoms with Gasteiger partial charge in [-0.3, -0.25) is 4.79 Å². The number of hydrogen-bond acceptors (Lipinski definition) is 5. The molecule has 6 heteroatoms. The van der Waals surface area contributed by atoms with Crippen molar-refractivity contribution < 1.29 is 9.53 Å². The summed E-state index contributed by atoms with van der Waals surface area (Å²) in [7, 11) is 1.62. The molecule has 0 aliphatic heterocycles. The summed E-state index contributed by atoms with van der Waals surface area (Å²) >= 11 is 0. The van der Waals surface area contributed by atoms with Gasteiger partial charge in [0.1, 0.15) is 17.3 Å². The summed E-state index contributed by atoms with van der Waals surface area (Å²) < 4.78 is 5.10. The summed E-state index contributed by atoms with van der Waals surface area (Å²) in [6.45, 7) is 4.69. The Hall–Kier alpha value is -2.63. The maximum Gasteiger partial charge on any atom is 0.271 e. The van der Waals surface area contributed by atoms with Crippen molar-refractivity contribution in [3.8, 4) is 5.75 Å². The predicted octanol–water partition coefficient (Wildman–Crippen LogP) is 2.61. The maximum atomic E-state index is 11.8. The van der Waals surface area contributed by atoms with E-state index in [2.05, 4.69) is 20.6 Å². The topological polar surface area (TPSA) is 76.1 Å². The lowest BCUT2D eigenvalue weighted by Gasteiger charge is -2.08. The number of nitrogens with one attached hydrogen (secondary N) is 2. The number of aromatic nitrogens is 2. The highest BCUT2D eigenvalue weighted by atomic mass is 16.5. The molecular formula is C16H20N4O2. The van der Waals surface area contributed by atoms with Gasteiger partial charge in [0.2, 0.25) is 0 Å². The molecule has 1 aromatic heterocycles. The molecule has 0 saturated carbocycles. The molecule has 1 amide bonds. The number of carbonyl (C=O) groups is 1. The molecule has 0 bridgehead atoms. The van der Waals surface area contributed by atoms with Crippen LogP contribution in [0.1, 0.15) is 24.3 Å². The Balaban J connectivity index is 1.97. The second-order valence-corrected chi connectivity index (χ2v) is 5.24. The third kappa shape index (κ3) is 4.44. The molecule has 0 aliphatic rings. The minimum Gasteiger partial charge on any atom is -0.497 e. The second-order valence-electron chi connectivity index (χ2n) is 5.24. The normalized spacial score (nSPS) is 10.4. The highest BCUT2D eigenvalue weighted by Crippen LogP contribution is 2.18. The van der Waals surface area contributed by atoms with Crippen molar-refractivity contribution >= 4 is 17.4 Å². The number of hydrogen-bond donors (Lipinski definition) is 2. The van der Waals surface area contributed by atoms with Crippen LogP contribution in [0.2, 0.25) is 0 Å². The van der Waals surface area contributed by atoms with Crippen LogP contribution in [0.3, 0.4) is 0 Å². The molecule has 1 heterocycles. The summed E-state index contributed by atoms with van der Waals surface area (Å²) in [5, 5.41) is 5.92. The molecular weight excluding hydrogens is 280 g/mol. The minimum absolute atomic E-state index is 0.211. The summed E-state index contributed by atoms with van der Waals surface area (Å²) in [6.07, 6.45) is 3.00. The van der Waals surface area contributed by atoms with Gasteiger partial charge in [-0.25, -0.2) is 9.97 Å². The van der Waals surface area contributed by atoms with E-state index in [1.54, 1.807) is 7.11 Å². The highest BCUT2D eigenvalue weighted by Gasteiger charge is 2.08. The van der Waals surface area contributed by atoms with E-state index in [0.717, 1.165) is 11.4 Å². The number of amides is 1. The van der Waals surface area contributed by atoms with Gasteiger partial charge in [0, 0.05) is 12.2 Å². The van der Waals surface area contributed by atoms with Gasteiger partial charge in [-0.2, -0.15) is 0 Å². The van der Waals surface area contributed by atoms with Crippen LogP contribution in [-0.2, 0) is 0 Å². The molecule has 2 N–H and O–H groups in total. The monoisotopic (exact) mass is 300 g/mol. The fourth-order valence-corrected chi connectivity index (χ4v) is 1.72. The molecule has 0 aliphatic carbocycles. The van der Waals surface area contributed by atoms with Crippen LogP contribution in [0.5, 0.6) is 5.75 Å². The van der Waals surface area contributed by atoms with Crippen molar-refractivity contribution in [2.75, 3.05) is 19.0 Å². The number of ether oxygens (including phenoxy) is 1. The molecule has 0 unspecified atom stereocenters. The first-order valence-corrected chi connectivity index (χ1v) is 7.10. The lowest BCUT2D eigenvalue weighted by atomic mass is 10.2. The molecule has 0 spiro atoms. The second kappa shape index (κ2) is 7.40. The van der Waals surface area contributed by atoms with Crippen molar-refractivity contribution in [1.29, 1.82) is 0 Å². The zero-order valence-electron chi connectivity index (χ0n) is 13.0. The van der Waals surface area contributed by atoms with Crippen molar-refractivity contribution in [3.63, 3.8) is 0 Å². The zero-order chi connectivity index (χ0) is 15.9. The van der Waals surface area contributed by atoms with Crippen LogP contribution in [0, 0.1) is 5.92 Å². The molecule has 2 aromatic rings. The Morgan fingerprint density at radius 2 is 1.91 bits per heavy atom. The predicted molar refractivity (Wildman–Crippen MR) is 85.5 cm³/mol. The van der Waals surface area contributed by atoms with Crippen molar-refractivity contribution in [2.24, 2.45) is 5.92 Å². The van der Waals surface area contributed by atoms with Gasteiger partial charge in [0.15, 0.2) is 0 Å². The number of rotatable bonds is 6. The van der Waals surface area contributed by atoms with E-state index in [4.69, 9.17) is 4.74 Å². The maximum absolute atomic E-state index is 11.8. The van der Waals surface area contributed by atoms with Gasteiger partial charge in [0.25, 0.3) is 5.91 Å². The molecule has 2 rings (SSSR count). The van der Waals surface area contributed by atoms with Gasteiger partial charge in [0.05, 0.1) is 19.5 Å². The molecule has 22 heavy (non-hydrogen) atoms. The van der Waals surface area contributed by atoms with E-state index in [1.165, 1.54) is 12.4 Å². The van der Waals surface area contributed by atoms with Crippen LogP contribution < -0.4 is 15.4 Å². The van der Waals surface area contributed by atoms with Gasteiger partial charge < -0.3 is 15.4 Å². The zero-order valence-corrected chi connectivity index (χ0v) is 13.0. The Bertz CT molecular complexity index is 609. The van der Waals surface area contributed by atoms with Gasteiger partial charge in [-0.05, 0) is 30.2 Å². The average molecular weight is 300 g/mol.